The molecule has 0 N–H and O–H groups in total. The number of halogens is 5. The van der Waals surface area contributed by atoms with Crippen LogP contribution in [0, 0.1) is 6.92 Å². The van der Waals surface area contributed by atoms with Crippen molar-refractivity contribution in [2.24, 2.45) is 0 Å². The van der Waals surface area contributed by atoms with Crippen LogP contribution in [0.2, 0.25) is 10.0 Å². The van der Waals surface area contributed by atoms with Crippen molar-refractivity contribution in [1.82, 2.24) is 0 Å². The molecule has 0 atom stereocenters. The molecule has 23 heavy (non-hydrogen) atoms. The summed E-state index contributed by atoms with van der Waals surface area (Å²) >= 11 is 11.5. The Morgan fingerprint density at radius 3 is 2.13 bits per heavy atom. The molecule has 2 aromatic carbocycles. The number of aryl methyl sites for hydroxylation is 1. The molecule has 6 heteroatoms. The standard InChI is InChI=1S/C17H11Cl2F3O/c1-10-4-2-3-5-14(10)16(23)9-15(17(20,21)22)11-6-12(18)8-13(19)7-11/h2-9H,1H3/b15-9+. The summed E-state index contributed by atoms with van der Waals surface area (Å²) in [6.45, 7) is 1.66. The van der Waals surface area contributed by atoms with Gasteiger partial charge in [-0.2, -0.15) is 13.2 Å². The van der Waals surface area contributed by atoms with Crippen molar-refractivity contribution in [1.29, 1.82) is 0 Å². The fourth-order valence-corrected chi connectivity index (χ4v) is 2.62. The van der Waals surface area contributed by atoms with Gasteiger partial charge in [0.1, 0.15) is 0 Å². The average molecular weight is 359 g/mol. The summed E-state index contributed by atoms with van der Waals surface area (Å²) in [6.07, 6.45) is -4.14. The van der Waals surface area contributed by atoms with Gasteiger partial charge in [0, 0.05) is 15.6 Å². The van der Waals surface area contributed by atoms with Crippen LogP contribution >= 0.6 is 23.2 Å². The summed E-state index contributed by atoms with van der Waals surface area (Å²) in [7, 11) is 0. The summed E-state index contributed by atoms with van der Waals surface area (Å²) in [5.74, 6) is -0.730. The third kappa shape index (κ3) is 4.36. The lowest BCUT2D eigenvalue weighted by Gasteiger charge is -2.13. The Bertz CT molecular complexity index is 759. The first kappa shape index (κ1) is 17.6. The van der Waals surface area contributed by atoms with E-state index in [1.807, 2.05) is 0 Å². The number of alkyl halides is 3. The molecule has 0 bridgehead atoms. The summed E-state index contributed by atoms with van der Waals surface area (Å²) in [4.78, 5) is 12.2. The van der Waals surface area contributed by atoms with Crippen LogP contribution in [-0.4, -0.2) is 12.0 Å². The molecule has 0 aromatic heterocycles. The van der Waals surface area contributed by atoms with Gasteiger partial charge < -0.3 is 0 Å². The van der Waals surface area contributed by atoms with Crippen LogP contribution in [0.5, 0.6) is 0 Å². The zero-order valence-corrected chi connectivity index (χ0v) is 13.4. The van der Waals surface area contributed by atoms with E-state index < -0.39 is 17.5 Å². The number of hydrogen-bond donors (Lipinski definition) is 0. The van der Waals surface area contributed by atoms with Gasteiger partial charge in [-0.1, -0.05) is 47.5 Å². The van der Waals surface area contributed by atoms with Gasteiger partial charge in [-0.25, -0.2) is 0 Å². The molecular weight excluding hydrogens is 348 g/mol. The normalized spacial score (nSPS) is 12.3. The highest BCUT2D eigenvalue weighted by atomic mass is 35.5. The third-order valence-electron chi connectivity index (χ3n) is 3.16. The molecule has 2 rings (SSSR count). The predicted molar refractivity (Wildman–Crippen MR) is 86.0 cm³/mol. The summed E-state index contributed by atoms with van der Waals surface area (Å²) in [5.41, 5.74) is -0.533. The van der Waals surface area contributed by atoms with E-state index in [0.29, 0.717) is 11.6 Å². The van der Waals surface area contributed by atoms with Gasteiger partial charge in [0.15, 0.2) is 5.78 Å². The maximum absolute atomic E-state index is 13.3. The van der Waals surface area contributed by atoms with Crippen molar-refractivity contribution in [2.45, 2.75) is 13.1 Å². The summed E-state index contributed by atoms with van der Waals surface area (Å²) in [5, 5.41) is 0.122. The van der Waals surface area contributed by atoms with Gasteiger partial charge in [0.05, 0.1) is 5.57 Å². The molecule has 0 radical (unpaired) electrons. The van der Waals surface area contributed by atoms with Crippen LogP contribution in [0.1, 0.15) is 21.5 Å². The second-order valence-corrected chi connectivity index (χ2v) is 5.77. The largest absolute Gasteiger partial charge is 0.417 e. The third-order valence-corrected chi connectivity index (χ3v) is 3.60. The number of benzene rings is 2. The van der Waals surface area contributed by atoms with Crippen LogP contribution in [0.4, 0.5) is 13.2 Å². The van der Waals surface area contributed by atoms with Crippen molar-refractivity contribution >= 4 is 34.6 Å². The van der Waals surface area contributed by atoms with Crippen molar-refractivity contribution in [2.75, 3.05) is 0 Å². The molecule has 0 unspecified atom stereocenters. The Hall–Kier alpha value is -1.78. The number of rotatable bonds is 3. The highest BCUT2D eigenvalue weighted by Gasteiger charge is 2.35. The van der Waals surface area contributed by atoms with Crippen molar-refractivity contribution in [3.63, 3.8) is 0 Å². The molecule has 0 aliphatic rings. The van der Waals surface area contributed by atoms with E-state index in [0.717, 1.165) is 12.1 Å². The molecule has 1 nitrogen and oxygen atoms in total. The van der Waals surface area contributed by atoms with E-state index >= 15 is 0 Å². The van der Waals surface area contributed by atoms with Crippen LogP contribution < -0.4 is 0 Å². The first-order valence-electron chi connectivity index (χ1n) is 6.54. The van der Waals surface area contributed by atoms with Crippen LogP contribution in [-0.2, 0) is 0 Å². The predicted octanol–water partition coefficient (Wildman–Crippen LogP) is 6.13. The fraction of sp³-hybridized carbons (Fsp3) is 0.118. The molecule has 0 saturated carbocycles. The van der Waals surface area contributed by atoms with E-state index in [2.05, 4.69) is 0 Å². The topological polar surface area (TPSA) is 17.1 Å². The number of ketones is 1. The molecule has 120 valence electrons. The minimum absolute atomic E-state index is 0.0611. The molecular formula is C17H11Cl2F3O. The van der Waals surface area contributed by atoms with E-state index in [1.54, 1.807) is 25.1 Å². The summed E-state index contributed by atoms with van der Waals surface area (Å²) in [6, 6.07) is 10.0. The number of carbonyl (C=O) groups is 1. The van der Waals surface area contributed by atoms with Gasteiger partial charge in [-0.15, -0.1) is 0 Å². The number of allylic oxidation sites excluding steroid dienone is 2. The Labute approximate surface area is 141 Å². The lowest BCUT2D eigenvalue weighted by molar-refractivity contribution is -0.0689. The Morgan fingerprint density at radius 1 is 1.04 bits per heavy atom. The quantitative estimate of drug-likeness (QED) is 0.476. The minimum Gasteiger partial charge on any atom is -0.289 e. The van der Waals surface area contributed by atoms with E-state index in [1.165, 1.54) is 12.1 Å². The lowest BCUT2D eigenvalue weighted by Crippen LogP contribution is -2.13. The number of carbonyl (C=O) groups excluding carboxylic acids is 1. The second kappa shape index (κ2) is 6.77. The van der Waals surface area contributed by atoms with Crippen LogP contribution in [0.15, 0.2) is 48.5 Å². The molecule has 0 heterocycles. The maximum atomic E-state index is 13.3. The summed E-state index contributed by atoms with van der Waals surface area (Å²) < 4.78 is 40.0. The zero-order chi connectivity index (χ0) is 17.2. The van der Waals surface area contributed by atoms with E-state index in [4.69, 9.17) is 23.2 Å². The molecule has 0 fully saturated rings. The van der Waals surface area contributed by atoms with E-state index in [-0.39, 0.29) is 21.2 Å². The lowest BCUT2D eigenvalue weighted by atomic mass is 9.99. The van der Waals surface area contributed by atoms with Crippen LogP contribution in [0.3, 0.4) is 0 Å². The Morgan fingerprint density at radius 2 is 1.61 bits per heavy atom. The zero-order valence-electron chi connectivity index (χ0n) is 11.9. The first-order chi connectivity index (χ1) is 10.7. The van der Waals surface area contributed by atoms with Crippen LogP contribution in [0.25, 0.3) is 5.57 Å². The minimum atomic E-state index is -4.72. The second-order valence-electron chi connectivity index (χ2n) is 4.89. The number of hydrogen-bond acceptors (Lipinski definition) is 1. The SMILES string of the molecule is Cc1ccccc1C(=O)/C=C(\c1cc(Cl)cc(Cl)c1)C(F)(F)F. The van der Waals surface area contributed by atoms with Gasteiger partial charge >= 0.3 is 6.18 Å². The van der Waals surface area contributed by atoms with Gasteiger partial charge in [-0.05, 0) is 42.3 Å². The molecule has 2 aromatic rings. The maximum Gasteiger partial charge on any atom is 0.417 e. The molecule has 0 saturated heterocycles. The molecule has 0 aliphatic heterocycles. The van der Waals surface area contributed by atoms with Crippen molar-refractivity contribution in [3.8, 4) is 0 Å². The van der Waals surface area contributed by atoms with Gasteiger partial charge in [0.2, 0.25) is 0 Å². The Kier molecular flexibility index (Phi) is 5.17. The smallest absolute Gasteiger partial charge is 0.289 e. The monoisotopic (exact) mass is 358 g/mol. The Balaban J connectivity index is 2.56. The average Bonchev–Trinajstić information content (AvgIpc) is 2.42. The first-order valence-corrected chi connectivity index (χ1v) is 7.29. The van der Waals surface area contributed by atoms with E-state index in [9.17, 15) is 18.0 Å². The highest BCUT2D eigenvalue weighted by Crippen LogP contribution is 2.36. The molecule has 0 amide bonds. The highest BCUT2D eigenvalue weighted by molar-refractivity contribution is 6.35. The fourth-order valence-electron chi connectivity index (χ4n) is 2.10. The van der Waals surface area contributed by atoms with Crippen molar-refractivity contribution < 1.29 is 18.0 Å². The molecule has 0 spiro atoms. The molecule has 0 aliphatic carbocycles. The van der Waals surface area contributed by atoms with Gasteiger partial charge in [0.25, 0.3) is 0 Å². The van der Waals surface area contributed by atoms with Crippen molar-refractivity contribution in [3.05, 3.63) is 75.3 Å². The van der Waals surface area contributed by atoms with Gasteiger partial charge in [-0.3, -0.25) is 4.79 Å².